The molecule has 0 aliphatic rings. The van der Waals surface area contributed by atoms with Crippen molar-refractivity contribution in [2.24, 2.45) is 5.41 Å². The monoisotopic (exact) mass is 638 g/mol. The molecule has 47 heavy (non-hydrogen) atoms. The summed E-state index contributed by atoms with van der Waals surface area (Å²) >= 11 is 0. The fourth-order valence-corrected chi connectivity index (χ4v) is 6.90. The van der Waals surface area contributed by atoms with E-state index in [2.05, 4.69) is 59.2 Å². The quantitative estimate of drug-likeness (QED) is 0.0842. The second-order valence-electron chi connectivity index (χ2n) is 13.4. The first-order valence-corrected chi connectivity index (χ1v) is 17.6. The minimum atomic E-state index is -1.28. The van der Waals surface area contributed by atoms with Crippen LogP contribution in [-0.2, 0) is 22.4 Å². The van der Waals surface area contributed by atoms with Gasteiger partial charge in [-0.2, -0.15) is 0 Å². The molecule has 0 heterocycles. The molecule has 4 N–H and O–H groups in total. The molecule has 0 aromatic heterocycles. The van der Waals surface area contributed by atoms with Crippen LogP contribution < -0.4 is 10.6 Å². The summed E-state index contributed by atoms with van der Waals surface area (Å²) in [5.41, 5.74) is -1.18. The molecule has 0 fully saturated rings. The van der Waals surface area contributed by atoms with Gasteiger partial charge < -0.3 is 20.8 Å². The zero-order chi connectivity index (χ0) is 33.9. The minimum absolute atomic E-state index is 0.0689. The van der Waals surface area contributed by atoms with Crippen molar-refractivity contribution >= 4 is 33.4 Å². The van der Waals surface area contributed by atoms with Crippen molar-refractivity contribution in [3.05, 3.63) is 96.1 Å². The molecule has 0 spiro atoms. The lowest BCUT2D eigenvalue weighted by Crippen LogP contribution is -2.56. The zero-order valence-corrected chi connectivity index (χ0v) is 28.8. The maximum Gasteiger partial charge on any atom is 0.235 e. The molecule has 0 bridgehead atoms. The summed E-state index contributed by atoms with van der Waals surface area (Å²) in [6.07, 6.45) is 5.34. The van der Waals surface area contributed by atoms with E-state index >= 15 is 0 Å². The highest BCUT2D eigenvalue weighted by atomic mass is 16.3. The van der Waals surface area contributed by atoms with Gasteiger partial charge in [-0.05, 0) is 84.0 Å². The van der Waals surface area contributed by atoms with E-state index in [1.54, 1.807) is 0 Å². The van der Waals surface area contributed by atoms with Gasteiger partial charge in [-0.25, -0.2) is 0 Å². The Morgan fingerprint density at radius 2 is 0.936 bits per heavy atom. The number of aliphatic hydroxyl groups is 2. The van der Waals surface area contributed by atoms with Crippen LogP contribution in [0.2, 0.25) is 0 Å². The topological polar surface area (TPSA) is 98.7 Å². The van der Waals surface area contributed by atoms with Gasteiger partial charge in [0.2, 0.25) is 11.8 Å². The van der Waals surface area contributed by atoms with Crippen LogP contribution in [0.15, 0.2) is 84.9 Å². The van der Waals surface area contributed by atoms with Gasteiger partial charge in [0.1, 0.15) is 5.41 Å². The Morgan fingerprint density at radius 1 is 0.553 bits per heavy atom. The van der Waals surface area contributed by atoms with Crippen molar-refractivity contribution < 1.29 is 19.8 Å². The smallest absolute Gasteiger partial charge is 0.235 e. The van der Waals surface area contributed by atoms with Gasteiger partial charge in [0, 0.05) is 13.1 Å². The van der Waals surface area contributed by atoms with Gasteiger partial charge in [-0.1, -0.05) is 125 Å². The van der Waals surface area contributed by atoms with Gasteiger partial charge in [-0.15, -0.1) is 0 Å². The summed E-state index contributed by atoms with van der Waals surface area (Å²) in [4.78, 5) is 28.0. The molecule has 252 valence electrons. The van der Waals surface area contributed by atoms with E-state index < -0.39 is 16.6 Å². The van der Waals surface area contributed by atoms with Crippen LogP contribution in [0, 0.1) is 5.41 Å². The van der Waals surface area contributed by atoms with Gasteiger partial charge in [0.25, 0.3) is 0 Å². The second-order valence-corrected chi connectivity index (χ2v) is 13.4. The third-order valence-electron chi connectivity index (χ3n) is 10.2. The molecule has 0 saturated heterocycles. The Kier molecular flexibility index (Phi) is 12.6. The van der Waals surface area contributed by atoms with Crippen LogP contribution in [0.4, 0.5) is 0 Å². The van der Waals surface area contributed by atoms with E-state index in [1.807, 2.05) is 64.1 Å². The van der Waals surface area contributed by atoms with Crippen molar-refractivity contribution in [1.82, 2.24) is 10.6 Å². The molecular weight excluding hydrogens is 584 g/mol. The number of carbonyl (C=O) groups excluding carboxylic acids is 2. The minimum Gasteiger partial charge on any atom is -0.388 e. The largest absolute Gasteiger partial charge is 0.388 e. The van der Waals surface area contributed by atoms with Crippen LogP contribution in [0.1, 0.15) is 90.2 Å². The molecular formula is C41H54N2O4. The van der Waals surface area contributed by atoms with Gasteiger partial charge in [0.05, 0.1) is 11.2 Å². The predicted molar refractivity (Wildman–Crippen MR) is 193 cm³/mol. The molecule has 2 atom stereocenters. The summed E-state index contributed by atoms with van der Waals surface area (Å²) in [6.45, 7) is 7.95. The van der Waals surface area contributed by atoms with Crippen molar-refractivity contribution in [2.45, 2.75) is 103 Å². The van der Waals surface area contributed by atoms with E-state index in [4.69, 9.17) is 0 Å². The first-order chi connectivity index (χ1) is 22.6. The lowest BCUT2D eigenvalue weighted by molar-refractivity contribution is -0.146. The number of benzene rings is 4. The number of hydrogen-bond donors (Lipinski definition) is 4. The zero-order valence-electron chi connectivity index (χ0n) is 28.8. The normalized spacial score (nSPS) is 14.4. The molecule has 6 heteroatoms. The number of fused-ring (bicyclic) bond motifs is 2. The molecule has 0 aliphatic carbocycles. The molecule has 6 nitrogen and oxygen atoms in total. The average Bonchev–Trinajstić information content (AvgIpc) is 3.10. The predicted octanol–water partition coefficient (Wildman–Crippen LogP) is 7.66. The summed E-state index contributed by atoms with van der Waals surface area (Å²) in [7, 11) is 0. The molecule has 4 aromatic carbocycles. The maximum absolute atomic E-state index is 14.0. The van der Waals surface area contributed by atoms with Crippen LogP contribution in [0.5, 0.6) is 0 Å². The van der Waals surface area contributed by atoms with Crippen LogP contribution in [0.3, 0.4) is 0 Å². The van der Waals surface area contributed by atoms with Crippen molar-refractivity contribution in [3.63, 3.8) is 0 Å². The van der Waals surface area contributed by atoms with Crippen molar-refractivity contribution in [3.8, 4) is 0 Å². The van der Waals surface area contributed by atoms with E-state index in [1.165, 1.54) is 10.8 Å². The van der Waals surface area contributed by atoms with Gasteiger partial charge >= 0.3 is 0 Å². The fourth-order valence-electron chi connectivity index (χ4n) is 6.90. The summed E-state index contributed by atoms with van der Waals surface area (Å²) in [6, 6.07) is 28.9. The lowest BCUT2D eigenvalue weighted by Gasteiger charge is -2.35. The van der Waals surface area contributed by atoms with Crippen LogP contribution in [-0.4, -0.2) is 46.3 Å². The first kappa shape index (κ1) is 36.1. The highest BCUT2D eigenvalue weighted by Gasteiger charge is 2.45. The highest BCUT2D eigenvalue weighted by molar-refractivity contribution is 6.05. The summed E-state index contributed by atoms with van der Waals surface area (Å²) in [5, 5.41) is 33.8. The Morgan fingerprint density at radius 3 is 1.32 bits per heavy atom. The number of aryl methyl sites for hydroxylation is 2. The molecule has 0 radical (unpaired) electrons. The Balaban J connectivity index is 1.42. The second kappa shape index (κ2) is 16.4. The number of amides is 2. The van der Waals surface area contributed by atoms with E-state index in [9.17, 15) is 19.8 Å². The van der Waals surface area contributed by atoms with E-state index in [-0.39, 0.29) is 24.9 Å². The number of hydrogen-bond acceptors (Lipinski definition) is 4. The fraction of sp³-hybridized carbons (Fsp3) is 0.463. The molecule has 2 amide bonds. The SMILES string of the molecule is CCCC(CCC)(C(=O)NCC(O)(CC)CCc1cccc2ccccc12)C(=O)NCC(O)(CC)CCc1cccc2ccccc12. The van der Waals surface area contributed by atoms with Gasteiger partial charge in [-0.3, -0.25) is 9.59 Å². The van der Waals surface area contributed by atoms with Crippen molar-refractivity contribution in [2.75, 3.05) is 13.1 Å². The van der Waals surface area contributed by atoms with E-state index in [0.717, 1.165) is 21.9 Å². The third-order valence-corrected chi connectivity index (χ3v) is 10.2. The maximum atomic E-state index is 14.0. The summed E-state index contributed by atoms with van der Waals surface area (Å²) < 4.78 is 0. The first-order valence-electron chi connectivity index (χ1n) is 17.6. The van der Waals surface area contributed by atoms with Crippen molar-refractivity contribution in [1.29, 1.82) is 0 Å². The average molecular weight is 639 g/mol. The molecule has 4 aromatic rings. The molecule has 2 unspecified atom stereocenters. The number of rotatable bonds is 18. The lowest BCUT2D eigenvalue weighted by atomic mass is 9.76. The van der Waals surface area contributed by atoms with Crippen LogP contribution in [0.25, 0.3) is 21.5 Å². The Hall–Kier alpha value is -3.74. The van der Waals surface area contributed by atoms with Gasteiger partial charge in [0.15, 0.2) is 0 Å². The molecule has 0 saturated carbocycles. The van der Waals surface area contributed by atoms with E-state index in [0.29, 0.717) is 64.2 Å². The molecule has 4 rings (SSSR count). The number of nitrogens with one attached hydrogen (secondary N) is 2. The Bertz CT molecular complexity index is 1500. The summed E-state index contributed by atoms with van der Waals surface area (Å²) in [5.74, 6) is -0.710. The molecule has 0 aliphatic heterocycles. The highest BCUT2D eigenvalue weighted by Crippen LogP contribution is 2.32. The Labute approximate surface area is 281 Å². The van der Waals surface area contributed by atoms with Crippen LogP contribution >= 0.6 is 0 Å². The third kappa shape index (κ3) is 8.79. The standard InChI is InChI=1S/C41H54N2O4/c1-5-25-41(26-6-2,37(44)42-29-39(46,7-3)27-23-33-19-13-17-31-15-9-11-21-35(31)33)38(45)43-30-40(47,8-4)28-24-34-20-14-18-32-16-10-12-22-36(32)34/h9-22,46-47H,5-8,23-30H2,1-4H3,(H,42,44)(H,43,45). The number of carbonyl (C=O) groups is 2.